The first kappa shape index (κ1) is 21.2. The molecular formula is C21H28N4O3S. The van der Waals surface area contributed by atoms with Crippen molar-refractivity contribution in [3.05, 3.63) is 29.3 Å². The fourth-order valence-electron chi connectivity index (χ4n) is 3.33. The number of hydrogen-bond donors (Lipinski definition) is 1. The van der Waals surface area contributed by atoms with E-state index in [0.29, 0.717) is 12.3 Å². The summed E-state index contributed by atoms with van der Waals surface area (Å²) in [6, 6.07) is 7.06. The molecule has 0 aliphatic carbocycles. The second kappa shape index (κ2) is 8.10. The summed E-state index contributed by atoms with van der Waals surface area (Å²) >= 11 is 1.54. The van der Waals surface area contributed by atoms with Crippen molar-refractivity contribution in [2.45, 2.75) is 52.1 Å². The molecule has 3 rings (SSSR count). The van der Waals surface area contributed by atoms with Crippen molar-refractivity contribution in [2.24, 2.45) is 5.92 Å². The largest absolute Gasteiger partial charge is 0.335 e. The molecule has 8 heteroatoms. The Morgan fingerprint density at radius 2 is 1.97 bits per heavy atom. The van der Waals surface area contributed by atoms with E-state index in [4.69, 9.17) is 0 Å². The van der Waals surface area contributed by atoms with E-state index in [1.54, 1.807) is 18.9 Å². The van der Waals surface area contributed by atoms with Crippen LogP contribution in [0.1, 0.15) is 51.6 Å². The molecule has 0 bridgehead atoms. The Kier molecular flexibility index (Phi) is 5.93. The van der Waals surface area contributed by atoms with Gasteiger partial charge in [0.05, 0.1) is 16.3 Å². The molecule has 1 aliphatic heterocycles. The van der Waals surface area contributed by atoms with Crippen LogP contribution < -0.4 is 5.32 Å². The molecule has 0 radical (unpaired) electrons. The Morgan fingerprint density at radius 1 is 1.28 bits per heavy atom. The molecule has 2 heterocycles. The molecule has 29 heavy (non-hydrogen) atoms. The van der Waals surface area contributed by atoms with Gasteiger partial charge in [-0.05, 0) is 44.7 Å². The Hall–Kier alpha value is -2.48. The summed E-state index contributed by atoms with van der Waals surface area (Å²) in [7, 11) is 1.68. The molecule has 2 aromatic rings. The standard InChI is InChI=1S/C21H28N4O3S/c1-13(2)10-11-21(4)19(27)25(20(28)23-21)12-17(26)24(5)14(3)18-22-15-8-6-7-9-16(15)29-18/h6-9,13-14H,10-12H2,1-5H3,(H,23,28)/t14-,21+/m1/s1. The third-order valence-corrected chi connectivity index (χ3v) is 6.71. The highest BCUT2D eigenvalue weighted by molar-refractivity contribution is 7.18. The van der Waals surface area contributed by atoms with Gasteiger partial charge in [0.1, 0.15) is 17.1 Å². The number of aromatic nitrogens is 1. The van der Waals surface area contributed by atoms with Crippen molar-refractivity contribution in [2.75, 3.05) is 13.6 Å². The highest BCUT2D eigenvalue weighted by Crippen LogP contribution is 2.29. The van der Waals surface area contributed by atoms with E-state index in [-0.39, 0.29) is 24.4 Å². The molecule has 1 fully saturated rings. The van der Waals surface area contributed by atoms with Gasteiger partial charge < -0.3 is 10.2 Å². The average Bonchev–Trinajstić information content (AvgIpc) is 3.20. The van der Waals surface area contributed by atoms with Crippen LogP contribution in [0, 0.1) is 5.92 Å². The lowest BCUT2D eigenvalue weighted by atomic mass is 9.92. The van der Waals surface area contributed by atoms with Gasteiger partial charge in [-0.15, -0.1) is 11.3 Å². The van der Waals surface area contributed by atoms with E-state index in [1.807, 2.05) is 31.2 Å². The maximum atomic E-state index is 12.8. The van der Waals surface area contributed by atoms with Crippen LogP contribution in [0.4, 0.5) is 4.79 Å². The number of nitrogens with zero attached hydrogens (tertiary/aromatic N) is 3. The van der Waals surface area contributed by atoms with E-state index in [0.717, 1.165) is 26.5 Å². The minimum atomic E-state index is -0.946. The second-order valence-corrected chi connectivity index (χ2v) is 9.35. The van der Waals surface area contributed by atoms with Crippen molar-refractivity contribution in [1.82, 2.24) is 20.1 Å². The van der Waals surface area contributed by atoms with Gasteiger partial charge in [-0.3, -0.25) is 14.5 Å². The lowest BCUT2D eigenvalue weighted by Crippen LogP contribution is -2.45. The molecule has 156 valence electrons. The summed E-state index contributed by atoms with van der Waals surface area (Å²) in [5.41, 5.74) is -0.0472. The molecule has 1 aromatic heterocycles. The Balaban J connectivity index is 1.68. The van der Waals surface area contributed by atoms with Gasteiger partial charge in [0.25, 0.3) is 5.91 Å². The minimum absolute atomic E-state index is 0.256. The number of thiazole rings is 1. The normalized spacial score (nSPS) is 20.4. The fourth-order valence-corrected chi connectivity index (χ4v) is 4.40. The molecule has 2 atom stereocenters. The zero-order chi connectivity index (χ0) is 21.3. The third kappa shape index (κ3) is 4.27. The molecule has 0 saturated carbocycles. The van der Waals surface area contributed by atoms with Gasteiger partial charge in [-0.2, -0.15) is 0 Å². The van der Waals surface area contributed by atoms with Gasteiger partial charge in [0.2, 0.25) is 5.91 Å². The van der Waals surface area contributed by atoms with E-state index in [9.17, 15) is 14.4 Å². The number of imide groups is 1. The number of rotatable bonds is 7. The fraction of sp³-hybridized carbons (Fsp3) is 0.524. The Morgan fingerprint density at radius 3 is 2.62 bits per heavy atom. The SMILES string of the molecule is CC(C)CC[C@]1(C)NC(=O)N(CC(=O)N(C)[C@H](C)c2nc3ccccc3s2)C1=O. The van der Waals surface area contributed by atoms with Crippen LogP contribution in [0.2, 0.25) is 0 Å². The third-order valence-electron chi connectivity index (χ3n) is 5.50. The van der Waals surface area contributed by atoms with E-state index >= 15 is 0 Å². The molecule has 1 aliphatic rings. The van der Waals surface area contributed by atoms with Gasteiger partial charge in [0, 0.05) is 7.05 Å². The summed E-state index contributed by atoms with van der Waals surface area (Å²) in [5, 5.41) is 3.59. The van der Waals surface area contributed by atoms with E-state index < -0.39 is 11.6 Å². The van der Waals surface area contributed by atoms with E-state index in [1.165, 1.54) is 11.3 Å². The second-order valence-electron chi connectivity index (χ2n) is 8.29. The van der Waals surface area contributed by atoms with Crippen LogP contribution in [0.5, 0.6) is 0 Å². The number of likely N-dealkylation sites (N-methyl/N-ethyl adjacent to an activating group) is 1. The zero-order valence-electron chi connectivity index (χ0n) is 17.6. The number of benzene rings is 1. The summed E-state index contributed by atoms with van der Waals surface area (Å²) in [6.45, 7) is 7.50. The summed E-state index contributed by atoms with van der Waals surface area (Å²) in [4.78, 5) is 45.2. The predicted molar refractivity (Wildman–Crippen MR) is 114 cm³/mol. The molecule has 0 unspecified atom stereocenters. The van der Waals surface area contributed by atoms with Gasteiger partial charge in [-0.25, -0.2) is 9.78 Å². The van der Waals surface area contributed by atoms with Gasteiger partial charge >= 0.3 is 6.03 Å². The number of carbonyl (C=O) groups is 3. The summed E-state index contributed by atoms with van der Waals surface area (Å²) < 4.78 is 1.06. The molecule has 7 nitrogen and oxygen atoms in total. The first-order chi connectivity index (χ1) is 13.6. The topological polar surface area (TPSA) is 82.6 Å². The summed E-state index contributed by atoms with van der Waals surface area (Å²) in [6.07, 6.45) is 1.37. The maximum Gasteiger partial charge on any atom is 0.325 e. The molecule has 0 spiro atoms. The first-order valence-corrected chi connectivity index (χ1v) is 10.7. The average molecular weight is 417 g/mol. The highest BCUT2D eigenvalue weighted by Gasteiger charge is 2.48. The predicted octanol–water partition coefficient (Wildman–Crippen LogP) is 3.56. The smallest absolute Gasteiger partial charge is 0.325 e. The van der Waals surface area contributed by atoms with Crippen molar-refractivity contribution in [3.8, 4) is 0 Å². The Labute approximate surface area is 175 Å². The number of nitrogens with one attached hydrogen (secondary N) is 1. The lowest BCUT2D eigenvalue weighted by molar-refractivity contribution is -0.139. The minimum Gasteiger partial charge on any atom is -0.335 e. The molecule has 1 aromatic carbocycles. The van der Waals surface area contributed by atoms with Crippen LogP contribution in [0.3, 0.4) is 0 Å². The number of para-hydroxylation sites is 1. The molecule has 1 saturated heterocycles. The van der Waals surface area contributed by atoms with Crippen molar-refractivity contribution >= 4 is 39.4 Å². The molecular weight excluding hydrogens is 388 g/mol. The zero-order valence-corrected chi connectivity index (χ0v) is 18.4. The van der Waals surface area contributed by atoms with Crippen LogP contribution >= 0.6 is 11.3 Å². The number of hydrogen-bond acceptors (Lipinski definition) is 5. The van der Waals surface area contributed by atoms with Crippen LogP contribution in [0.15, 0.2) is 24.3 Å². The quantitative estimate of drug-likeness (QED) is 0.700. The number of carbonyl (C=O) groups excluding carboxylic acids is 3. The monoisotopic (exact) mass is 416 g/mol. The van der Waals surface area contributed by atoms with Crippen molar-refractivity contribution in [1.29, 1.82) is 0 Å². The number of fused-ring (bicyclic) bond motifs is 1. The van der Waals surface area contributed by atoms with E-state index in [2.05, 4.69) is 24.1 Å². The Bertz CT molecular complexity index is 908. The highest BCUT2D eigenvalue weighted by atomic mass is 32.1. The van der Waals surface area contributed by atoms with Gasteiger partial charge in [-0.1, -0.05) is 26.0 Å². The van der Waals surface area contributed by atoms with Crippen molar-refractivity contribution in [3.63, 3.8) is 0 Å². The maximum absolute atomic E-state index is 12.8. The van der Waals surface area contributed by atoms with Crippen LogP contribution in [-0.4, -0.2) is 51.8 Å². The number of urea groups is 1. The molecule has 1 N–H and O–H groups in total. The van der Waals surface area contributed by atoms with Crippen LogP contribution in [-0.2, 0) is 9.59 Å². The van der Waals surface area contributed by atoms with Crippen molar-refractivity contribution < 1.29 is 14.4 Å². The number of amides is 4. The molecule has 4 amide bonds. The van der Waals surface area contributed by atoms with Gasteiger partial charge in [0.15, 0.2) is 0 Å². The summed E-state index contributed by atoms with van der Waals surface area (Å²) in [5.74, 6) is -0.209. The lowest BCUT2D eigenvalue weighted by Gasteiger charge is -2.26. The van der Waals surface area contributed by atoms with Crippen LogP contribution in [0.25, 0.3) is 10.2 Å². The first-order valence-electron chi connectivity index (χ1n) is 9.87.